The van der Waals surface area contributed by atoms with Gasteiger partial charge >= 0.3 is 0 Å². The number of thiophene rings is 1. The van der Waals surface area contributed by atoms with E-state index < -0.39 is 0 Å². The standard InChI is InChI=1S/C45H29NS/c1-45(2)39-16-8-5-13-29(39)36-22-32-27-11-3-4-12-28(27)33-23-37-30-14-6-9-17-41(30)46(42(37)25-35(33)34(32)24-40(36)45)26-19-20-44-38(21-26)31-15-7-10-18-43(31)47-44/h3-25H,1-2H3. The number of rotatable bonds is 1. The highest BCUT2D eigenvalue weighted by Gasteiger charge is 2.35. The average molecular weight is 616 g/mol. The number of para-hydroxylation sites is 1. The van der Waals surface area contributed by atoms with Crippen molar-refractivity contribution in [3.05, 3.63) is 151 Å². The van der Waals surface area contributed by atoms with Gasteiger partial charge in [0, 0.05) is 42.0 Å². The molecule has 0 N–H and O–H groups in total. The van der Waals surface area contributed by atoms with E-state index >= 15 is 0 Å². The van der Waals surface area contributed by atoms with Gasteiger partial charge in [0.25, 0.3) is 0 Å². The summed E-state index contributed by atoms with van der Waals surface area (Å²) in [6.45, 7) is 4.76. The predicted octanol–water partition coefficient (Wildman–Crippen LogP) is 12.9. The molecule has 0 unspecified atom stereocenters. The molecule has 0 fully saturated rings. The Labute approximate surface area is 275 Å². The monoisotopic (exact) mass is 615 g/mol. The molecule has 2 heteroatoms. The Hall–Kier alpha value is -5.44. The van der Waals surface area contributed by atoms with E-state index in [0.717, 1.165) is 0 Å². The number of benzene rings is 8. The summed E-state index contributed by atoms with van der Waals surface area (Å²) in [4.78, 5) is 0. The second-order valence-electron chi connectivity index (χ2n) is 13.7. The molecule has 1 aliphatic rings. The first kappa shape index (κ1) is 25.7. The molecule has 0 radical (unpaired) electrons. The van der Waals surface area contributed by atoms with Crippen molar-refractivity contribution < 1.29 is 0 Å². The van der Waals surface area contributed by atoms with E-state index in [1.54, 1.807) is 0 Å². The Morgan fingerprint density at radius 3 is 1.89 bits per heavy atom. The lowest BCUT2D eigenvalue weighted by Gasteiger charge is -2.22. The SMILES string of the molecule is CC1(C)c2ccccc2-c2cc3c4ccccc4c4cc5c6ccccc6n(-c6ccc7sc8ccccc8c7c6)c5cc4c3cc21. The topological polar surface area (TPSA) is 4.93 Å². The zero-order chi connectivity index (χ0) is 31.0. The number of aromatic nitrogens is 1. The van der Waals surface area contributed by atoms with Crippen LogP contribution in [0.4, 0.5) is 0 Å². The maximum absolute atomic E-state index is 2.52. The van der Waals surface area contributed by atoms with Crippen LogP contribution < -0.4 is 0 Å². The minimum atomic E-state index is -0.0597. The quantitative estimate of drug-likeness (QED) is 0.162. The molecule has 0 spiro atoms. The molecule has 10 aromatic rings. The van der Waals surface area contributed by atoms with Gasteiger partial charge in [-0.25, -0.2) is 0 Å². The summed E-state index contributed by atoms with van der Waals surface area (Å²) in [5.74, 6) is 0. The van der Waals surface area contributed by atoms with Crippen LogP contribution in [-0.2, 0) is 5.41 Å². The van der Waals surface area contributed by atoms with Crippen molar-refractivity contribution in [1.82, 2.24) is 4.57 Å². The third-order valence-electron chi connectivity index (χ3n) is 10.9. The summed E-state index contributed by atoms with van der Waals surface area (Å²) in [6, 6.07) is 52.6. The first-order chi connectivity index (χ1) is 23.1. The van der Waals surface area contributed by atoms with Crippen LogP contribution in [0.25, 0.3) is 91.1 Å². The number of fused-ring (bicyclic) bond motifs is 15. The fraction of sp³-hybridized carbons (Fsp3) is 0.0667. The van der Waals surface area contributed by atoms with Crippen molar-refractivity contribution in [1.29, 1.82) is 0 Å². The molecule has 0 atom stereocenters. The van der Waals surface area contributed by atoms with Crippen LogP contribution in [0.15, 0.2) is 140 Å². The predicted molar refractivity (Wildman–Crippen MR) is 204 cm³/mol. The molecule has 2 aromatic heterocycles. The summed E-state index contributed by atoms with van der Waals surface area (Å²) < 4.78 is 5.16. The van der Waals surface area contributed by atoms with Gasteiger partial charge in [-0.2, -0.15) is 0 Å². The van der Waals surface area contributed by atoms with E-state index in [1.165, 1.54) is 102 Å². The summed E-state index contributed by atoms with van der Waals surface area (Å²) in [5, 5.41) is 13.1. The van der Waals surface area contributed by atoms with Crippen LogP contribution in [-0.4, -0.2) is 4.57 Å². The lowest BCUT2D eigenvalue weighted by molar-refractivity contribution is 0.661. The van der Waals surface area contributed by atoms with Crippen LogP contribution in [0, 0.1) is 0 Å². The Bertz CT molecular complexity index is 2990. The van der Waals surface area contributed by atoms with Gasteiger partial charge in [0.1, 0.15) is 0 Å². The number of hydrogen-bond donors (Lipinski definition) is 0. The van der Waals surface area contributed by atoms with E-state index in [2.05, 4.69) is 158 Å². The summed E-state index contributed by atoms with van der Waals surface area (Å²) in [7, 11) is 0. The van der Waals surface area contributed by atoms with Gasteiger partial charge in [-0.1, -0.05) is 98.8 Å². The molecular weight excluding hydrogens is 587 g/mol. The van der Waals surface area contributed by atoms with Crippen molar-refractivity contribution >= 4 is 85.6 Å². The third-order valence-corrected chi connectivity index (χ3v) is 12.1. The van der Waals surface area contributed by atoms with Gasteiger partial charge in [0.15, 0.2) is 0 Å². The number of hydrogen-bond acceptors (Lipinski definition) is 1. The lowest BCUT2D eigenvalue weighted by Crippen LogP contribution is -2.14. The molecule has 1 nitrogen and oxygen atoms in total. The minimum Gasteiger partial charge on any atom is -0.309 e. The Morgan fingerprint density at radius 1 is 0.404 bits per heavy atom. The van der Waals surface area contributed by atoms with Gasteiger partial charge in [-0.3, -0.25) is 0 Å². The van der Waals surface area contributed by atoms with Gasteiger partial charge in [0.2, 0.25) is 0 Å². The van der Waals surface area contributed by atoms with Crippen LogP contribution in [0.3, 0.4) is 0 Å². The molecule has 0 bridgehead atoms. The molecule has 8 aromatic carbocycles. The smallest absolute Gasteiger partial charge is 0.0547 e. The summed E-state index contributed by atoms with van der Waals surface area (Å²) in [6.07, 6.45) is 0. The second-order valence-corrected chi connectivity index (χ2v) is 14.8. The maximum Gasteiger partial charge on any atom is 0.0547 e. The van der Waals surface area contributed by atoms with E-state index in [9.17, 15) is 0 Å². The first-order valence-corrected chi connectivity index (χ1v) is 17.3. The van der Waals surface area contributed by atoms with Crippen LogP contribution in [0.2, 0.25) is 0 Å². The highest BCUT2D eigenvalue weighted by atomic mass is 32.1. The molecule has 220 valence electrons. The summed E-state index contributed by atoms with van der Waals surface area (Å²) in [5.41, 5.74) is 9.19. The second kappa shape index (κ2) is 8.88. The van der Waals surface area contributed by atoms with Crippen LogP contribution >= 0.6 is 11.3 Å². The van der Waals surface area contributed by atoms with Crippen molar-refractivity contribution in [3.8, 4) is 16.8 Å². The lowest BCUT2D eigenvalue weighted by atomic mass is 9.81. The van der Waals surface area contributed by atoms with E-state index in [0.29, 0.717) is 0 Å². The molecule has 0 saturated carbocycles. The minimum absolute atomic E-state index is 0.0597. The molecule has 0 amide bonds. The van der Waals surface area contributed by atoms with Crippen molar-refractivity contribution in [2.45, 2.75) is 19.3 Å². The first-order valence-electron chi connectivity index (χ1n) is 16.4. The molecule has 11 rings (SSSR count). The largest absolute Gasteiger partial charge is 0.309 e. The van der Waals surface area contributed by atoms with Crippen molar-refractivity contribution in [2.24, 2.45) is 0 Å². The van der Waals surface area contributed by atoms with E-state index in [1.807, 2.05) is 11.3 Å². The normalized spacial score (nSPS) is 13.9. The van der Waals surface area contributed by atoms with Gasteiger partial charge in [-0.05, 0) is 109 Å². The van der Waals surface area contributed by atoms with Crippen LogP contribution in [0.1, 0.15) is 25.0 Å². The molecule has 0 saturated heterocycles. The average Bonchev–Trinajstić information content (AvgIpc) is 3.72. The Kier molecular flexibility index (Phi) is 4.86. The molecule has 47 heavy (non-hydrogen) atoms. The Balaban J connectivity index is 1.30. The third kappa shape index (κ3) is 3.28. The molecule has 2 heterocycles. The van der Waals surface area contributed by atoms with Crippen molar-refractivity contribution in [3.63, 3.8) is 0 Å². The van der Waals surface area contributed by atoms with E-state index in [-0.39, 0.29) is 5.41 Å². The zero-order valence-corrected chi connectivity index (χ0v) is 27.0. The van der Waals surface area contributed by atoms with E-state index in [4.69, 9.17) is 0 Å². The van der Waals surface area contributed by atoms with Crippen molar-refractivity contribution in [2.75, 3.05) is 0 Å². The van der Waals surface area contributed by atoms with Gasteiger partial charge < -0.3 is 4.57 Å². The zero-order valence-electron chi connectivity index (χ0n) is 26.1. The highest BCUT2D eigenvalue weighted by Crippen LogP contribution is 2.52. The maximum atomic E-state index is 2.52. The fourth-order valence-corrected chi connectivity index (χ4v) is 9.82. The molecule has 1 aliphatic carbocycles. The van der Waals surface area contributed by atoms with Crippen LogP contribution in [0.5, 0.6) is 0 Å². The summed E-state index contributed by atoms with van der Waals surface area (Å²) >= 11 is 1.87. The highest BCUT2D eigenvalue weighted by molar-refractivity contribution is 7.25. The fourth-order valence-electron chi connectivity index (χ4n) is 8.74. The van der Waals surface area contributed by atoms with Gasteiger partial charge in [0.05, 0.1) is 11.0 Å². The Morgan fingerprint density at radius 2 is 1.04 bits per heavy atom. The molecule has 0 aliphatic heterocycles. The number of nitrogens with zero attached hydrogens (tertiary/aromatic N) is 1. The molecular formula is C45H29NS. The van der Waals surface area contributed by atoms with Gasteiger partial charge in [-0.15, -0.1) is 11.3 Å².